The Morgan fingerprint density at radius 1 is 0.941 bits per heavy atom. The molecule has 0 fully saturated rings. The summed E-state index contributed by atoms with van der Waals surface area (Å²) in [5, 5.41) is 11.0. The van der Waals surface area contributed by atoms with Gasteiger partial charge < -0.3 is 20.1 Å². The van der Waals surface area contributed by atoms with Crippen LogP contribution in [0.15, 0.2) is 91.1 Å². The summed E-state index contributed by atoms with van der Waals surface area (Å²) in [4.78, 5) is 13.2. The molecule has 1 atom stereocenters. The molecule has 7 nitrogen and oxygen atoms in total. The second-order valence-electron chi connectivity index (χ2n) is 7.77. The molecule has 0 saturated carbocycles. The van der Waals surface area contributed by atoms with Crippen molar-refractivity contribution in [2.24, 2.45) is 0 Å². The largest absolute Gasteiger partial charge is 0.493 e. The van der Waals surface area contributed by atoms with E-state index in [9.17, 15) is 4.79 Å². The number of hydrogen-bond acceptors (Lipinski definition) is 5. The third kappa shape index (κ3) is 3.88. The van der Waals surface area contributed by atoms with Gasteiger partial charge in [-0.1, -0.05) is 60.7 Å². The van der Waals surface area contributed by atoms with E-state index in [0.717, 1.165) is 16.8 Å². The van der Waals surface area contributed by atoms with Gasteiger partial charge in [0.2, 0.25) is 0 Å². The van der Waals surface area contributed by atoms with E-state index in [4.69, 9.17) is 9.47 Å². The first kappa shape index (κ1) is 21.3. The molecule has 1 aliphatic heterocycles. The van der Waals surface area contributed by atoms with Gasteiger partial charge in [0.15, 0.2) is 11.5 Å². The highest BCUT2D eigenvalue weighted by molar-refractivity contribution is 6.08. The molecule has 4 aromatic rings. The molecule has 34 heavy (non-hydrogen) atoms. The van der Waals surface area contributed by atoms with Crippen LogP contribution in [0.3, 0.4) is 0 Å². The minimum Gasteiger partial charge on any atom is -0.493 e. The molecule has 5 rings (SSSR count). The zero-order chi connectivity index (χ0) is 23.5. The molecule has 1 aliphatic rings. The summed E-state index contributed by atoms with van der Waals surface area (Å²) in [5.41, 5.74) is 3.90. The number of amides is 1. The second-order valence-corrected chi connectivity index (χ2v) is 7.77. The Balaban J connectivity index is 1.62. The Labute approximate surface area is 197 Å². The zero-order valence-electron chi connectivity index (χ0n) is 18.9. The van der Waals surface area contributed by atoms with Crippen LogP contribution in [0, 0.1) is 0 Å². The standard InChI is InChI=1S/C27H24N4O3/c1-33-24-15-9-14-20(25(24)34-2)23-16-22(18-10-5-3-6-11-18)30-26-21(17-28-31(23)26)27(32)29-19-12-7-4-8-13-19/h3-17,23,30H,1-2H3,(H,29,32)/t23-/m1/s1. The van der Waals surface area contributed by atoms with Gasteiger partial charge in [0.05, 0.1) is 20.4 Å². The van der Waals surface area contributed by atoms with Crippen molar-refractivity contribution in [3.63, 3.8) is 0 Å². The molecular weight excluding hydrogens is 428 g/mol. The van der Waals surface area contributed by atoms with E-state index < -0.39 is 0 Å². The first-order valence-corrected chi connectivity index (χ1v) is 10.9. The van der Waals surface area contributed by atoms with Crippen molar-refractivity contribution in [1.29, 1.82) is 0 Å². The maximum absolute atomic E-state index is 13.2. The lowest BCUT2D eigenvalue weighted by Gasteiger charge is -2.27. The van der Waals surface area contributed by atoms with Crippen LogP contribution in [0.25, 0.3) is 5.70 Å². The average Bonchev–Trinajstić information content (AvgIpc) is 3.33. The number of aromatic nitrogens is 2. The lowest BCUT2D eigenvalue weighted by Crippen LogP contribution is -2.22. The molecule has 2 N–H and O–H groups in total. The Morgan fingerprint density at radius 3 is 2.38 bits per heavy atom. The van der Waals surface area contributed by atoms with Crippen molar-refractivity contribution >= 4 is 23.1 Å². The van der Waals surface area contributed by atoms with Gasteiger partial charge in [-0.25, -0.2) is 4.68 Å². The summed E-state index contributed by atoms with van der Waals surface area (Å²) >= 11 is 0. The zero-order valence-corrected chi connectivity index (χ0v) is 18.9. The number of anilines is 2. The van der Waals surface area contributed by atoms with Crippen molar-refractivity contribution in [3.8, 4) is 11.5 Å². The highest BCUT2D eigenvalue weighted by Crippen LogP contribution is 2.41. The molecule has 1 aromatic heterocycles. The molecule has 0 spiro atoms. The third-order valence-electron chi connectivity index (χ3n) is 5.75. The number of allylic oxidation sites excluding steroid dienone is 1. The van der Waals surface area contributed by atoms with Gasteiger partial charge in [0, 0.05) is 16.9 Å². The second kappa shape index (κ2) is 9.15. The van der Waals surface area contributed by atoms with Crippen molar-refractivity contribution < 1.29 is 14.3 Å². The van der Waals surface area contributed by atoms with Crippen molar-refractivity contribution in [2.45, 2.75) is 6.04 Å². The number of fused-ring (bicyclic) bond motifs is 1. The van der Waals surface area contributed by atoms with Gasteiger partial charge in [0.1, 0.15) is 17.4 Å². The maximum Gasteiger partial charge on any atom is 0.261 e. The van der Waals surface area contributed by atoms with Crippen LogP contribution in [0.1, 0.15) is 27.5 Å². The van der Waals surface area contributed by atoms with Crippen LogP contribution in [-0.2, 0) is 0 Å². The predicted octanol–water partition coefficient (Wildman–Crippen LogP) is 5.21. The quantitative estimate of drug-likeness (QED) is 0.420. The molecule has 7 heteroatoms. The van der Waals surface area contributed by atoms with Gasteiger partial charge in [-0.3, -0.25) is 4.79 Å². The van der Waals surface area contributed by atoms with E-state index in [1.807, 2.05) is 78.9 Å². The van der Waals surface area contributed by atoms with Gasteiger partial charge in [0.25, 0.3) is 5.91 Å². The molecule has 3 aromatic carbocycles. The predicted molar refractivity (Wildman–Crippen MR) is 132 cm³/mol. The van der Waals surface area contributed by atoms with Crippen LogP contribution in [-0.4, -0.2) is 29.9 Å². The fourth-order valence-corrected chi connectivity index (χ4v) is 4.13. The Hall–Kier alpha value is -4.52. The number of ether oxygens (including phenoxy) is 2. The molecule has 2 heterocycles. The molecule has 1 amide bonds. The van der Waals surface area contributed by atoms with Gasteiger partial charge in [-0.15, -0.1) is 0 Å². The molecule has 0 bridgehead atoms. The average molecular weight is 453 g/mol. The van der Waals surface area contributed by atoms with Crippen LogP contribution in [0.5, 0.6) is 11.5 Å². The maximum atomic E-state index is 13.2. The van der Waals surface area contributed by atoms with Gasteiger partial charge >= 0.3 is 0 Å². The topological polar surface area (TPSA) is 77.4 Å². The molecule has 0 radical (unpaired) electrons. The lowest BCUT2D eigenvalue weighted by atomic mass is 9.99. The van der Waals surface area contributed by atoms with Crippen molar-refractivity contribution in [1.82, 2.24) is 9.78 Å². The number of methoxy groups -OCH3 is 2. The van der Waals surface area contributed by atoms with Crippen LogP contribution >= 0.6 is 0 Å². The van der Waals surface area contributed by atoms with Crippen LogP contribution in [0.2, 0.25) is 0 Å². The number of benzene rings is 3. The van der Waals surface area contributed by atoms with E-state index >= 15 is 0 Å². The summed E-state index contributed by atoms with van der Waals surface area (Å²) in [7, 11) is 3.23. The summed E-state index contributed by atoms with van der Waals surface area (Å²) in [6.45, 7) is 0. The molecule has 0 unspecified atom stereocenters. The number of carbonyl (C=O) groups excluding carboxylic acids is 1. The molecular formula is C27H24N4O3. The summed E-state index contributed by atoms with van der Waals surface area (Å²) < 4.78 is 13.0. The third-order valence-corrected chi connectivity index (χ3v) is 5.75. The van der Waals surface area contributed by atoms with Crippen LogP contribution < -0.4 is 20.1 Å². The normalized spacial score (nSPS) is 14.4. The number of rotatable bonds is 6. The monoisotopic (exact) mass is 452 g/mol. The van der Waals surface area contributed by atoms with Crippen molar-refractivity contribution in [2.75, 3.05) is 24.9 Å². The SMILES string of the molecule is COc1cccc([C@H]2C=C(c3ccccc3)Nc3c(C(=O)Nc4ccccc4)cnn32)c1OC. The summed E-state index contributed by atoms with van der Waals surface area (Å²) in [6, 6.07) is 24.8. The molecule has 0 saturated heterocycles. The first-order chi connectivity index (χ1) is 16.7. The first-order valence-electron chi connectivity index (χ1n) is 10.9. The number of hydrogen-bond donors (Lipinski definition) is 2. The van der Waals surface area contributed by atoms with Crippen molar-refractivity contribution in [3.05, 3.63) is 108 Å². The van der Waals surface area contributed by atoms with Crippen LogP contribution in [0.4, 0.5) is 11.5 Å². The number of para-hydroxylation sites is 2. The number of nitrogens with zero attached hydrogens (tertiary/aromatic N) is 2. The van der Waals surface area contributed by atoms with Gasteiger partial charge in [-0.05, 0) is 29.8 Å². The minimum atomic E-state index is -0.324. The Bertz CT molecular complexity index is 1350. The molecule has 170 valence electrons. The summed E-state index contributed by atoms with van der Waals surface area (Å²) in [5.74, 6) is 1.61. The molecule has 0 aliphatic carbocycles. The smallest absolute Gasteiger partial charge is 0.261 e. The minimum absolute atomic E-state index is 0.245. The Morgan fingerprint density at radius 2 is 1.68 bits per heavy atom. The number of nitrogens with one attached hydrogen (secondary N) is 2. The van der Waals surface area contributed by atoms with E-state index in [0.29, 0.717) is 28.6 Å². The van der Waals surface area contributed by atoms with E-state index in [1.165, 1.54) is 0 Å². The number of carbonyl (C=O) groups is 1. The lowest BCUT2D eigenvalue weighted by molar-refractivity contribution is 0.102. The van der Waals surface area contributed by atoms with E-state index in [-0.39, 0.29) is 11.9 Å². The van der Waals surface area contributed by atoms with E-state index in [1.54, 1.807) is 25.1 Å². The van der Waals surface area contributed by atoms with Gasteiger partial charge in [-0.2, -0.15) is 5.10 Å². The van der Waals surface area contributed by atoms with E-state index in [2.05, 4.69) is 21.8 Å². The fourth-order valence-electron chi connectivity index (χ4n) is 4.13. The highest BCUT2D eigenvalue weighted by Gasteiger charge is 2.30. The Kier molecular flexibility index (Phi) is 5.74. The summed E-state index contributed by atoms with van der Waals surface area (Å²) in [6.07, 6.45) is 3.66. The highest BCUT2D eigenvalue weighted by atomic mass is 16.5. The fraction of sp³-hybridized carbons (Fsp3) is 0.111.